The molecular formula is C26H37Hf-9. The topological polar surface area (TPSA) is 0 Å². The maximum absolute atomic E-state index is 3.38. The molecule has 0 saturated heterocycles. The number of allylic oxidation sites excluding steroid dienone is 2. The van der Waals surface area contributed by atoms with Gasteiger partial charge in [0.25, 0.3) is 0 Å². The molecule has 1 aliphatic carbocycles. The number of benzene rings is 2. The zero-order valence-electron chi connectivity index (χ0n) is 18.6. The average molecular weight is 528 g/mol. The molecular weight excluding hydrogens is 491 g/mol. The minimum atomic E-state index is 0. The van der Waals surface area contributed by atoms with Crippen LogP contribution in [0.3, 0.4) is 0 Å². The standard InChI is InChI=1S/C14H11.C5H5.7CH3.Hf/c1-10-6-7-13-8-11-4-2-3-5-12(11)9-14(10)13;1-2-4-5-3-1;;;;;;;;/h2-5,8-9H,7H2,1H3;1-5H;7*1H3;/q9*-1;. The van der Waals surface area contributed by atoms with E-state index in [1.807, 2.05) is 30.3 Å². The summed E-state index contributed by atoms with van der Waals surface area (Å²) in [5.74, 6) is 0. The van der Waals surface area contributed by atoms with Gasteiger partial charge in [-0.25, -0.2) is 17.7 Å². The fraction of sp³-hybridized carbons (Fsp3) is 0.0769. The molecule has 1 aliphatic rings. The van der Waals surface area contributed by atoms with Gasteiger partial charge in [0.2, 0.25) is 0 Å². The van der Waals surface area contributed by atoms with Crippen molar-refractivity contribution in [3.05, 3.63) is 136 Å². The second-order valence-corrected chi connectivity index (χ2v) is 4.80. The second-order valence-electron chi connectivity index (χ2n) is 4.80. The van der Waals surface area contributed by atoms with Crippen molar-refractivity contribution < 1.29 is 25.8 Å². The summed E-state index contributed by atoms with van der Waals surface area (Å²) in [7, 11) is 0. The summed E-state index contributed by atoms with van der Waals surface area (Å²) in [5.41, 5.74) is 4.09. The molecule has 0 spiro atoms. The number of hydrogen-bond acceptors (Lipinski definition) is 0. The van der Waals surface area contributed by atoms with E-state index in [2.05, 4.69) is 49.4 Å². The predicted octanol–water partition coefficient (Wildman–Crippen LogP) is 8.16. The Morgan fingerprint density at radius 3 is 1.67 bits per heavy atom. The molecule has 0 fully saturated rings. The third-order valence-corrected chi connectivity index (χ3v) is 3.48. The summed E-state index contributed by atoms with van der Waals surface area (Å²) in [6, 6.07) is 23.1. The molecule has 1 heteroatoms. The van der Waals surface area contributed by atoms with Gasteiger partial charge < -0.3 is 52.0 Å². The summed E-state index contributed by atoms with van der Waals surface area (Å²) in [6.07, 6.45) is 4.35. The van der Waals surface area contributed by atoms with E-state index >= 15 is 0 Å². The fourth-order valence-electron chi connectivity index (χ4n) is 2.43. The van der Waals surface area contributed by atoms with Gasteiger partial charge in [-0.2, -0.15) is 23.8 Å². The van der Waals surface area contributed by atoms with Crippen LogP contribution in [0.15, 0.2) is 66.7 Å². The summed E-state index contributed by atoms with van der Waals surface area (Å²) < 4.78 is 0. The SMILES string of the molecule is CC1=[C-]Cc2cc3ccccc3cc21.[CH3-].[CH3-].[CH3-].[CH3-].[CH3-].[CH3-].[CH3-].[Hf].c1cc[cH-]c1. The minimum Gasteiger partial charge on any atom is -0.358 e. The van der Waals surface area contributed by atoms with Gasteiger partial charge in [-0.05, 0) is 10.8 Å². The van der Waals surface area contributed by atoms with Crippen LogP contribution in [0.25, 0.3) is 16.3 Å². The molecule has 0 N–H and O–H groups in total. The maximum Gasteiger partial charge on any atom is 0 e. The second kappa shape index (κ2) is 19.4. The van der Waals surface area contributed by atoms with Crippen LogP contribution in [0.5, 0.6) is 0 Å². The third kappa shape index (κ3) is 9.96. The van der Waals surface area contributed by atoms with Gasteiger partial charge in [0.15, 0.2) is 0 Å². The maximum atomic E-state index is 3.38. The van der Waals surface area contributed by atoms with Crippen molar-refractivity contribution in [2.75, 3.05) is 0 Å². The first kappa shape index (κ1) is 40.4. The molecule has 3 aromatic carbocycles. The molecule has 0 aromatic heterocycles. The van der Waals surface area contributed by atoms with Gasteiger partial charge >= 0.3 is 0 Å². The van der Waals surface area contributed by atoms with Crippen molar-refractivity contribution in [2.45, 2.75) is 13.3 Å². The number of hydrogen-bond donors (Lipinski definition) is 0. The molecule has 0 aliphatic heterocycles. The van der Waals surface area contributed by atoms with Crippen LogP contribution in [0, 0.1) is 58.1 Å². The molecule has 0 saturated carbocycles. The normalized spacial score (nSPS) is 8.85. The van der Waals surface area contributed by atoms with Crippen LogP contribution in [0.1, 0.15) is 18.1 Å². The fourth-order valence-corrected chi connectivity index (χ4v) is 2.43. The summed E-state index contributed by atoms with van der Waals surface area (Å²) in [4.78, 5) is 0. The van der Waals surface area contributed by atoms with Crippen LogP contribution in [0.4, 0.5) is 0 Å². The summed E-state index contributed by atoms with van der Waals surface area (Å²) in [5, 5.41) is 2.66. The van der Waals surface area contributed by atoms with Gasteiger partial charge in [-0.1, -0.05) is 37.3 Å². The van der Waals surface area contributed by atoms with Gasteiger partial charge in [-0.3, -0.25) is 6.08 Å². The van der Waals surface area contributed by atoms with Gasteiger partial charge in [-0.15, -0.1) is 18.1 Å². The van der Waals surface area contributed by atoms with Crippen molar-refractivity contribution in [1.29, 1.82) is 0 Å². The van der Waals surface area contributed by atoms with Crippen LogP contribution < -0.4 is 0 Å². The molecule has 0 bridgehead atoms. The summed E-state index contributed by atoms with van der Waals surface area (Å²) in [6.45, 7) is 2.14. The molecule has 27 heavy (non-hydrogen) atoms. The largest absolute Gasteiger partial charge is 0.358 e. The number of rotatable bonds is 0. The zero-order valence-corrected chi connectivity index (χ0v) is 22.2. The first-order chi connectivity index (χ1) is 9.34. The molecule has 4 rings (SSSR count). The van der Waals surface area contributed by atoms with Crippen molar-refractivity contribution >= 4 is 16.3 Å². The molecule has 0 atom stereocenters. The minimum absolute atomic E-state index is 0. The van der Waals surface area contributed by atoms with E-state index in [4.69, 9.17) is 0 Å². The van der Waals surface area contributed by atoms with Gasteiger partial charge in [0, 0.05) is 25.8 Å². The first-order valence-corrected chi connectivity index (χ1v) is 6.61. The van der Waals surface area contributed by atoms with E-state index in [0.29, 0.717) is 0 Å². The Bertz CT molecular complexity index is 689. The monoisotopic (exact) mass is 529 g/mol. The van der Waals surface area contributed by atoms with Crippen molar-refractivity contribution in [3.63, 3.8) is 0 Å². The van der Waals surface area contributed by atoms with Crippen LogP contribution in [-0.2, 0) is 32.3 Å². The molecule has 0 amide bonds. The Morgan fingerprint density at radius 2 is 1.22 bits per heavy atom. The molecule has 0 radical (unpaired) electrons. The van der Waals surface area contributed by atoms with Crippen molar-refractivity contribution in [1.82, 2.24) is 0 Å². The van der Waals surface area contributed by atoms with E-state index in [1.54, 1.807) is 0 Å². The molecule has 0 nitrogen and oxygen atoms in total. The number of fused-ring (bicyclic) bond motifs is 2. The van der Waals surface area contributed by atoms with Crippen molar-refractivity contribution in [2.24, 2.45) is 0 Å². The first-order valence-electron chi connectivity index (χ1n) is 6.61. The quantitative estimate of drug-likeness (QED) is 0.204. The molecule has 0 unspecified atom stereocenters. The Hall–Kier alpha value is -1.34. The Balaban J connectivity index is -0.0000000765. The van der Waals surface area contributed by atoms with Crippen LogP contribution in [0.2, 0.25) is 0 Å². The van der Waals surface area contributed by atoms with E-state index in [-0.39, 0.29) is 77.8 Å². The summed E-state index contributed by atoms with van der Waals surface area (Å²) >= 11 is 0. The smallest absolute Gasteiger partial charge is 0 e. The van der Waals surface area contributed by atoms with Crippen LogP contribution >= 0.6 is 0 Å². The molecule has 154 valence electrons. The van der Waals surface area contributed by atoms with E-state index < -0.39 is 0 Å². The van der Waals surface area contributed by atoms with E-state index in [0.717, 1.165) is 6.42 Å². The Kier molecular flexibility index (Phi) is 29.0. The average Bonchev–Trinajstić information content (AvgIpc) is 3.11. The van der Waals surface area contributed by atoms with Gasteiger partial charge in [0.1, 0.15) is 0 Å². The zero-order chi connectivity index (χ0) is 13.1. The Morgan fingerprint density at radius 1 is 0.741 bits per heavy atom. The van der Waals surface area contributed by atoms with E-state index in [1.165, 1.54) is 27.5 Å². The van der Waals surface area contributed by atoms with Crippen molar-refractivity contribution in [3.8, 4) is 0 Å². The predicted molar refractivity (Wildman–Crippen MR) is 127 cm³/mol. The third-order valence-electron chi connectivity index (χ3n) is 3.48. The van der Waals surface area contributed by atoms with Gasteiger partial charge in [0.05, 0.1) is 0 Å². The molecule has 3 aromatic rings. The van der Waals surface area contributed by atoms with E-state index in [9.17, 15) is 0 Å². The van der Waals surface area contributed by atoms with Crippen LogP contribution in [-0.4, -0.2) is 0 Å². The Labute approximate surface area is 190 Å². The molecule has 0 heterocycles.